The van der Waals surface area contributed by atoms with Crippen LogP contribution in [0.4, 0.5) is 17.6 Å². The Bertz CT molecular complexity index is 1230. The van der Waals surface area contributed by atoms with Crippen molar-refractivity contribution >= 4 is 40.5 Å². The minimum Gasteiger partial charge on any atom is -0.384 e. The van der Waals surface area contributed by atoms with E-state index in [4.69, 9.17) is 21.3 Å². The molecule has 0 saturated carbocycles. The van der Waals surface area contributed by atoms with Crippen LogP contribution >= 0.6 is 22.9 Å². The SMILES string of the molecule is Cc1cc(Cl)c(F)c(C2(C)CC(c3cc(C)c(C(=O)NC4CON(CC(F)(F)F)C4=O)s3)=NO2)c1. The number of carbonyl (C=O) groups is 2. The molecule has 1 fully saturated rings. The summed E-state index contributed by atoms with van der Waals surface area (Å²) in [6.07, 6.45) is -4.41. The first-order chi connectivity index (χ1) is 16.3. The molecule has 0 bridgehead atoms. The summed E-state index contributed by atoms with van der Waals surface area (Å²) in [5, 5.41) is 6.70. The molecule has 1 aromatic carbocycles. The van der Waals surface area contributed by atoms with Gasteiger partial charge in [0.05, 0.1) is 14.8 Å². The molecular formula is C22H20ClF4N3O4S. The van der Waals surface area contributed by atoms with Gasteiger partial charge in [-0.3, -0.25) is 14.4 Å². The average molecular weight is 534 g/mol. The lowest BCUT2D eigenvalue weighted by atomic mass is 9.89. The molecular weight excluding hydrogens is 514 g/mol. The van der Waals surface area contributed by atoms with Gasteiger partial charge in [-0.05, 0) is 50.1 Å². The summed E-state index contributed by atoms with van der Waals surface area (Å²) in [7, 11) is 0. The Balaban J connectivity index is 1.47. The molecule has 2 aliphatic heterocycles. The van der Waals surface area contributed by atoms with Gasteiger partial charge < -0.3 is 10.2 Å². The maximum atomic E-state index is 14.7. The zero-order chi connectivity index (χ0) is 25.7. The molecule has 2 aliphatic rings. The lowest BCUT2D eigenvalue weighted by molar-refractivity contribution is -0.214. The first-order valence-corrected chi connectivity index (χ1v) is 11.6. The zero-order valence-corrected chi connectivity index (χ0v) is 20.3. The van der Waals surface area contributed by atoms with E-state index in [-0.39, 0.29) is 26.9 Å². The van der Waals surface area contributed by atoms with Crippen LogP contribution in [0, 0.1) is 19.7 Å². The number of hydrogen-bond acceptors (Lipinski definition) is 6. The minimum absolute atomic E-state index is 0.0246. The van der Waals surface area contributed by atoms with E-state index in [0.717, 1.165) is 16.9 Å². The van der Waals surface area contributed by atoms with Crippen molar-refractivity contribution in [3.63, 3.8) is 0 Å². The van der Waals surface area contributed by atoms with E-state index in [2.05, 4.69) is 10.5 Å². The number of benzene rings is 1. The van der Waals surface area contributed by atoms with Crippen molar-refractivity contribution in [3.05, 3.63) is 55.5 Å². The van der Waals surface area contributed by atoms with Crippen molar-refractivity contribution < 1.29 is 36.8 Å². The smallest absolute Gasteiger partial charge is 0.384 e. The molecule has 7 nitrogen and oxygen atoms in total. The van der Waals surface area contributed by atoms with Crippen LogP contribution in [0.25, 0.3) is 0 Å². The lowest BCUT2D eigenvalue weighted by Gasteiger charge is -2.23. The molecule has 2 atom stereocenters. The number of alkyl halides is 3. The van der Waals surface area contributed by atoms with Crippen LogP contribution < -0.4 is 5.32 Å². The average Bonchev–Trinajstić information content (AvgIpc) is 3.43. The molecule has 4 rings (SSSR count). The van der Waals surface area contributed by atoms with Crippen molar-refractivity contribution in [1.29, 1.82) is 0 Å². The van der Waals surface area contributed by atoms with Crippen LogP contribution in [0.3, 0.4) is 0 Å². The Hall–Kier alpha value is -2.70. The van der Waals surface area contributed by atoms with E-state index in [9.17, 15) is 27.2 Å². The quantitative estimate of drug-likeness (QED) is 0.568. The fourth-order valence-electron chi connectivity index (χ4n) is 3.86. The highest BCUT2D eigenvalue weighted by molar-refractivity contribution is 7.16. The summed E-state index contributed by atoms with van der Waals surface area (Å²) in [5.41, 5.74) is 0.978. The highest BCUT2D eigenvalue weighted by atomic mass is 35.5. The van der Waals surface area contributed by atoms with Gasteiger partial charge in [0.1, 0.15) is 30.7 Å². The van der Waals surface area contributed by atoms with E-state index in [1.54, 1.807) is 32.9 Å². The van der Waals surface area contributed by atoms with Crippen LogP contribution in [0.5, 0.6) is 0 Å². The molecule has 2 aromatic rings. The maximum absolute atomic E-state index is 14.7. The van der Waals surface area contributed by atoms with Crippen LogP contribution in [0.2, 0.25) is 5.02 Å². The van der Waals surface area contributed by atoms with Gasteiger partial charge >= 0.3 is 6.18 Å². The zero-order valence-electron chi connectivity index (χ0n) is 18.8. The van der Waals surface area contributed by atoms with Gasteiger partial charge in [-0.15, -0.1) is 11.3 Å². The van der Waals surface area contributed by atoms with E-state index < -0.39 is 48.6 Å². The second kappa shape index (κ2) is 9.07. The van der Waals surface area contributed by atoms with Crippen LogP contribution in [0.1, 0.15) is 44.6 Å². The number of nitrogens with zero attached hydrogens (tertiary/aromatic N) is 2. The second-order valence-corrected chi connectivity index (χ2v) is 10.0. The molecule has 1 aromatic heterocycles. The van der Waals surface area contributed by atoms with Gasteiger partial charge in [-0.2, -0.15) is 13.2 Å². The number of carbonyl (C=O) groups excluding carboxylic acids is 2. The number of aryl methyl sites for hydroxylation is 2. The molecule has 0 spiro atoms. The summed E-state index contributed by atoms with van der Waals surface area (Å²) < 4.78 is 52.4. The first kappa shape index (κ1) is 25.4. The van der Waals surface area contributed by atoms with E-state index in [1.165, 1.54) is 6.07 Å². The fraction of sp³-hybridized carbons (Fsp3) is 0.409. The largest absolute Gasteiger partial charge is 0.408 e. The van der Waals surface area contributed by atoms with Crippen LogP contribution in [-0.4, -0.2) is 48.0 Å². The Morgan fingerprint density at radius 2 is 2.06 bits per heavy atom. The summed E-state index contributed by atoms with van der Waals surface area (Å²) >= 11 is 7.07. The molecule has 13 heteroatoms. The Morgan fingerprint density at radius 1 is 1.34 bits per heavy atom. The second-order valence-electron chi connectivity index (χ2n) is 8.58. The number of hydroxylamine groups is 2. The van der Waals surface area contributed by atoms with E-state index >= 15 is 0 Å². The summed E-state index contributed by atoms with van der Waals surface area (Å²) in [4.78, 5) is 36.1. The van der Waals surface area contributed by atoms with E-state index in [1.807, 2.05) is 0 Å². The summed E-state index contributed by atoms with van der Waals surface area (Å²) in [6.45, 7) is 3.18. The highest BCUT2D eigenvalue weighted by Crippen LogP contribution is 2.40. The van der Waals surface area contributed by atoms with Gasteiger partial charge in [0.25, 0.3) is 11.8 Å². The molecule has 2 amide bonds. The normalized spacial score (nSPS) is 22.4. The summed E-state index contributed by atoms with van der Waals surface area (Å²) in [5.74, 6) is -2.21. The van der Waals surface area contributed by atoms with Gasteiger partial charge in [-0.25, -0.2) is 9.45 Å². The van der Waals surface area contributed by atoms with Gasteiger partial charge in [0.2, 0.25) is 0 Å². The predicted molar refractivity (Wildman–Crippen MR) is 120 cm³/mol. The standard InChI is InChI=1S/C22H20ClF4N3O4S/c1-10-4-12(17(24)13(23)5-10)21(3)7-14(29-34-21)16-6-11(2)18(35-16)19(31)28-15-8-33-30(20(15)32)9-22(25,26)27/h4-6,15H,7-9H2,1-3H3,(H,28,31). The van der Waals surface area contributed by atoms with Crippen molar-refractivity contribution in [2.45, 2.75) is 45.0 Å². The Kier molecular flexibility index (Phi) is 6.58. The lowest BCUT2D eigenvalue weighted by Crippen LogP contribution is -2.44. The fourth-order valence-corrected chi connectivity index (χ4v) is 5.19. The number of hydrogen-bond donors (Lipinski definition) is 1. The maximum Gasteiger partial charge on any atom is 0.408 e. The monoisotopic (exact) mass is 533 g/mol. The van der Waals surface area contributed by atoms with Crippen molar-refractivity contribution in [3.8, 4) is 0 Å². The third kappa shape index (κ3) is 5.14. The molecule has 3 heterocycles. The molecule has 0 aliphatic carbocycles. The Morgan fingerprint density at radius 3 is 2.74 bits per heavy atom. The third-order valence-electron chi connectivity index (χ3n) is 5.58. The topological polar surface area (TPSA) is 80.2 Å². The number of halogens is 5. The number of nitrogens with one attached hydrogen (secondary N) is 1. The first-order valence-electron chi connectivity index (χ1n) is 10.4. The van der Waals surface area contributed by atoms with Crippen LogP contribution in [-0.2, 0) is 20.1 Å². The van der Waals surface area contributed by atoms with Crippen LogP contribution in [0.15, 0.2) is 23.4 Å². The van der Waals surface area contributed by atoms with Crippen molar-refractivity contribution in [1.82, 2.24) is 10.4 Å². The molecule has 35 heavy (non-hydrogen) atoms. The Labute approximate surface area is 206 Å². The van der Waals surface area contributed by atoms with Gasteiger partial charge in [0, 0.05) is 12.0 Å². The number of amides is 2. The predicted octanol–water partition coefficient (Wildman–Crippen LogP) is 4.63. The number of oxime groups is 1. The molecule has 1 saturated heterocycles. The summed E-state index contributed by atoms with van der Waals surface area (Å²) in [6, 6.07) is 3.62. The molecule has 188 valence electrons. The van der Waals surface area contributed by atoms with Gasteiger partial charge in [0.15, 0.2) is 5.60 Å². The van der Waals surface area contributed by atoms with Gasteiger partial charge in [-0.1, -0.05) is 16.8 Å². The number of rotatable bonds is 5. The number of thiophene rings is 1. The van der Waals surface area contributed by atoms with Crippen molar-refractivity contribution in [2.24, 2.45) is 5.16 Å². The highest BCUT2D eigenvalue weighted by Gasteiger charge is 2.42. The molecule has 2 unspecified atom stereocenters. The molecule has 0 radical (unpaired) electrons. The van der Waals surface area contributed by atoms with Crippen molar-refractivity contribution in [2.75, 3.05) is 13.2 Å². The molecule has 1 N–H and O–H groups in total. The minimum atomic E-state index is -4.63. The van der Waals surface area contributed by atoms with E-state index in [0.29, 0.717) is 16.2 Å². The third-order valence-corrected chi connectivity index (χ3v) is 7.14.